The zero-order valence-corrected chi connectivity index (χ0v) is 14.9. The zero-order valence-electron chi connectivity index (χ0n) is 14.9. The Morgan fingerprint density at radius 2 is 2.11 bits per heavy atom. The number of carbonyl (C=O) groups excluding carboxylic acids is 1. The summed E-state index contributed by atoms with van der Waals surface area (Å²) in [5.74, 6) is -0.146. The van der Waals surface area contributed by atoms with Crippen LogP contribution in [0.25, 0.3) is 16.6 Å². The lowest BCUT2D eigenvalue weighted by Crippen LogP contribution is -2.32. The van der Waals surface area contributed by atoms with E-state index in [2.05, 4.69) is 15.4 Å². The van der Waals surface area contributed by atoms with Crippen LogP contribution in [-0.2, 0) is 17.9 Å². The molecule has 0 saturated heterocycles. The molecule has 28 heavy (non-hydrogen) atoms. The number of rotatable bonds is 5. The van der Waals surface area contributed by atoms with E-state index in [1.54, 1.807) is 7.11 Å². The van der Waals surface area contributed by atoms with Crippen LogP contribution >= 0.6 is 0 Å². The summed E-state index contributed by atoms with van der Waals surface area (Å²) in [5, 5.41) is 7.32. The molecule has 0 fully saturated rings. The van der Waals surface area contributed by atoms with Crippen molar-refractivity contribution in [2.24, 2.45) is 0 Å². The first-order valence-corrected chi connectivity index (χ1v) is 8.48. The number of ether oxygens (including phenoxy) is 1. The first-order valence-electron chi connectivity index (χ1n) is 8.48. The summed E-state index contributed by atoms with van der Waals surface area (Å²) in [6.07, 6.45) is 1.32. The third kappa shape index (κ3) is 3.29. The van der Waals surface area contributed by atoms with Gasteiger partial charge in [0.05, 0.1) is 12.6 Å². The van der Waals surface area contributed by atoms with Gasteiger partial charge in [-0.2, -0.15) is 0 Å². The molecule has 0 unspecified atom stereocenters. The van der Waals surface area contributed by atoms with Gasteiger partial charge in [0, 0.05) is 11.9 Å². The minimum absolute atomic E-state index is 0.245. The van der Waals surface area contributed by atoms with Gasteiger partial charge in [0.25, 0.3) is 0 Å². The highest BCUT2D eigenvalue weighted by Gasteiger charge is 2.14. The number of amides is 1. The molecule has 2 aromatic carbocycles. The van der Waals surface area contributed by atoms with Crippen LogP contribution in [-0.4, -0.2) is 32.2 Å². The Labute approximate surface area is 158 Å². The van der Waals surface area contributed by atoms with E-state index in [1.807, 2.05) is 24.3 Å². The Bertz CT molecular complexity index is 1250. The first kappa shape index (κ1) is 17.7. The van der Waals surface area contributed by atoms with Gasteiger partial charge in [0.2, 0.25) is 5.91 Å². The lowest BCUT2D eigenvalue weighted by molar-refractivity contribution is -0.122. The van der Waals surface area contributed by atoms with Gasteiger partial charge in [-0.25, -0.2) is 23.3 Å². The smallest absolute Gasteiger partial charge is 0.352 e. The van der Waals surface area contributed by atoms with Crippen LogP contribution in [0.1, 0.15) is 5.56 Å². The van der Waals surface area contributed by atoms with E-state index >= 15 is 0 Å². The van der Waals surface area contributed by atoms with Crippen LogP contribution in [0.3, 0.4) is 0 Å². The maximum atomic E-state index is 13.6. The molecule has 0 aliphatic heterocycles. The Kier molecular flexibility index (Phi) is 4.48. The first-order chi connectivity index (χ1) is 13.5. The molecule has 4 aromatic rings. The van der Waals surface area contributed by atoms with Crippen LogP contribution < -0.4 is 15.7 Å². The fraction of sp³-hybridized carbons (Fsp3) is 0.158. The van der Waals surface area contributed by atoms with E-state index in [9.17, 15) is 14.0 Å². The average Bonchev–Trinajstić information content (AvgIpc) is 3.02. The number of benzene rings is 2. The number of carbonyl (C=O) groups is 1. The quantitative estimate of drug-likeness (QED) is 0.566. The third-order valence-electron chi connectivity index (χ3n) is 4.30. The highest BCUT2D eigenvalue weighted by atomic mass is 19.1. The normalized spacial score (nSPS) is 11.1. The molecule has 0 bridgehead atoms. The molecule has 0 aliphatic rings. The van der Waals surface area contributed by atoms with Crippen LogP contribution in [0.15, 0.2) is 53.6 Å². The van der Waals surface area contributed by atoms with Crippen LogP contribution in [0, 0.1) is 5.82 Å². The largest absolute Gasteiger partial charge is 0.497 e. The maximum absolute atomic E-state index is 13.6. The summed E-state index contributed by atoms with van der Waals surface area (Å²) in [7, 11) is 1.57. The van der Waals surface area contributed by atoms with Gasteiger partial charge in [-0.1, -0.05) is 12.1 Å². The molecule has 9 heteroatoms. The summed E-state index contributed by atoms with van der Waals surface area (Å²) in [5.41, 5.74) is 1.09. The number of methoxy groups -OCH3 is 1. The van der Waals surface area contributed by atoms with Crippen LogP contribution in [0.2, 0.25) is 0 Å². The zero-order chi connectivity index (χ0) is 19.7. The van der Waals surface area contributed by atoms with Crippen molar-refractivity contribution in [1.82, 2.24) is 24.5 Å². The minimum atomic E-state index is -0.523. The van der Waals surface area contributed by atoms with Gasteiger partial charge in [-0.3, -0.25) is 4.79 Å². The highest BCUT2D eigenvalue weighted by Crippen LogP contribution is 2.16. The SMILES string of the molecule is COc1cccc(CNC(=O)Cn2nc3c4cc(F)ccc4ncn3c2=O)c1. The van der Waals surface area contributed by atoms with Gasteiger partial charge in [-0.15, -0.1) is 5.10 Å². The second-order valence-electron chi connectivity index (χ2n) is 6.17. The molecule has 0 aliphatic carbocycles. The standard InChI is InChI=1S/C19H16FN5O3/c1-28-14-4-2-3-12(7-14)9-21-17(26)10-25-19(27)24-11-22-16-6-5-13(20)8-15(16)18(24)23-25/h2-8,11H,9-10H2,1H3,(H,21,26). The van der Waals surface area contributed by atoms with Gasteiger partial charge >= 0.3 is 5.69 Å². The van der Waals surface area contributed by atoms with E-state index in [0.29, 0.717) is 16.7 Å². The average molecular weight is 381 g/mol. The molecule has 8 nitrogen and oxygen atoms in total. The van der Waals surface area contributed by atoms with Crippen molar-refractivity contribution in [3.8, 4) is 5.75 Å². The van der Waals surface area contributed by atoms with Crippen molar-refractivity contribution >= 4 is 22.5 Å². The van der Waals surface area contributed by atoms with Crippen molar-refractivity contribution in [1.29, 1.82) is 0 Å². The Morgan fingerprint density at radius 1 is 1.25 bits per heavy atom. The Hall–Kier alpha value is -3.75. The monoisotopic (exact) mass is 381 g/mol. The third-order valence-corrected chi connectivity index (χ3v) is 4.30. The van der Waals surface area contributed by atoms with Crippen molar-refractivity contribution in [3.05, 3.63) is 70.7 Å². The van der Waals surface area contributed by atoms with Crippen LogP contribution in [0.5, 0.6) is 5.75 Å². The van der Waals surface area contributed by atoms with Crippen LogP contribution in [0.4, 0.5) is 4.39 Å². The number of halogens is 1. The van der Waals surface area contributed by atoms with E-state index < -0.39 is 11.5 Å². The summed E-state index contributed by atoms with van der Waals surface area (Å²) in [6, 6.07) is 11.3. The van der Waals surface area contributed by atoms with Crippen molar-refractivity contribution in [2.75, 3.05) is 7.11 Å². The molecular weight excluding hydrogens is 365 g/mol. The molecule has 1 N–H and O–H groups in total. The highest BCUT2D eigenvalue weighted by molar-refractivity contribution is 5.90. The van der Waals surface area contributed by atoms with Gasteiger partial charge in [0.15, 0.2) is 5.65 Å². The number of nitrogens with one attached hydrogen (secondary N) is 1. The number of nitrogens with zero attached hydrogens (tertiary/aromatic N) is 4. The second-order valence-corrected chi connectivity index (χ2v) is 6.17. The van der Waals surface area contributed by atoms with Crippen molar-refractivity contribution < 1.29 is 13.9 Å². The number of hydrogen-bond acceptors (Lipinski definition) is 5. The summed E-state index contributed by atoms with van der Waals surface area (Å²) in [6.45, 7) is 0.0230. The van der Waals surface area contributed by atoms with E-state index in [1.165, 1.54) is 28.9 Å². The minimum Gasteiger partial charge on any atom is -0.497 e. The van der Waals surface area contributed by atoms with E-state index in [-0.39, 0.29) is 24.6 Å². The maximum Gasteiger partial charge on any atom is 0.352 e. The van der Waals surface area contributed by atoms with E-state index in [0.717, 1.165) is 10.2 Å². The predicted molar refractivity (Wildman–Crippen MR) is 99.6 cm³/mol. The van der Waals surface area contributed by atoms with Gasteiger partial charge in [-0.05, 0) is 35.9 Å². The lowest BCUT2D eigenvalue weighted by atomic mass is 10.2. The number of hydrogen-bond donors (Lipinski definition) is 1. The second kappa shape index (κ2) is 7.10. The molecule has 142 valence electrons. The van der Waals surface area contributed by atoms with Crippen molar-refractivity contribution in [3.63, 3.8) is 0 Å². The molecule has 0 atom stereocenters. The Balaban J connectivity index is 1.56. The summed E-state index contributed by atoms with van der Waals surface area (Å²) < 4.78 is 20.9. The lowest BCUT2D eigenvalue weighted by Gasteiger charge is -2.06. The molecule has 4 rings (SSSR count). The summed E-state index contributed by atoms with van der Waals surface area (Å²) >= 11 is 0. The fourth-order valence-electron chi connectivity index (χ4n) is 2.91. The number of aromatic nitrogens is 4. The molecule has 0 radical (unpaired) electrons. The molecule has 2 aromatic heterocycles. The fourth-order valence-corrected chi connectivity index (χ4v) is 2.91. The van der Waals surface area contributed by atoms with Gasteiger partial charge < -0.3 is 10.1 Å². The molecule has 0 spiro atoms. The number of fused-ring (bicyclic) bond motifs is 3. The van der Waals surface area contributed by atoms with E-state index in [4.69, 9.17) is 4.74 Å². The molecule has 1 amide bonds. The molecular formula is C19H16FN5O3. The summed E-state index contributed by atoms with van der Waals surface area (Å²) in [4.78, 5) is 28.9. The van der Waals surface area contributed by atoms with Crippen molar-refractivity contribution in [2.45, 2.75) is 13.1 Å². The topological polar surface area (TPSA) is 90.5 Å². The molecule has 0 saturated carbocycles. The van der Waals surface area contributed by atoms with Gasteiger partial charge in [0.1, 0.15) is 24.4 Å². The Morgan fingerprint density at radius 3 is 2.93 bits per heavy atom. The predicted octanol–water partition coefficient (Wildman–Crippen LogP) is 1.51. The molecule has 2 heterocycles.